The van der Waals surface area contributed by atoms with E-state index in [9.17, 15) is 9.59 Å². The van der Waals surface area contributed by atoms with Crippen molar-refractivity contribution in [1.29, 1.82) is 0 Å². The summed E-state index contributed by atoms with van der Waals surface area (Å²) in [6, 6.07) is 11.8. The molecule has 2 aromatic rings. The van der Waals surface area contributed by atoms with E-state index in [4.69, 9.17) is 33.3 Å². The van der Waals surface area contributed by atoms with Crippen LogP contribution in [0.25, 0.3) is 6.08 Å². The van der Waals surface area contributed by atoms with E-state index < -0.39 is 11.8 Å². The molecule has 2 amide bonds. The lowest BCUT2D eigenvalue weighted by Crippen LogP contribution is -2.54. The lowest BCUT2D eigenvalue weighted by molar-refractivity contribution is -0.122. The summed E-state index contributed by atoms with van der Waals surface area (Å²) in [7, 11) is 0. The van der Waals surface area contributed by atoms with Crippen LogP contribution in [0, 0.1) is 0 Å². The van der Waals surface area contributed by atoms with Gasteiger partial charge >= 0.3 is 0 Å². The van der Waals surface area contributed by atoms with E-state index in [-0.39, 0.29) is 10.7 Å². The van der Waals surface area contributed by atoms with Crippen LogP contribution in [-0.4, -0.2) is 30.1 Å². The molecular formula is C21H19ClN2O4S. The number of amides is 2. The molecule has 29 heavy (non-hydrogen) atoms. The second-order valence-electron chi connectivity index (χ2n) is 6.00. The zero-order valence-corrected chi connectivity index (χ0v) is 17.5. The fourth-order valence-electron chi connectivity index (χ4n) is 2.82. The van der Waals surface area contributed by atoms with Gasteiger partial charge in [-0.1, -0.05) is 11.6 Å². The van der Waals surface area contributed by atoms with Gasteiger partial charge in [0.25, 0.3) is 11.8 Å². The van der Waals surface area contributed by atoms with Crippen molar-refractivity contribution >= 4 is 52.5 Å². The van der Waals surface area contributed by atoms with Gasteiger partial charge in [-0.3, -0.25) is 19.8 Å². The number of benzene rings is 2. The standard InChI is InChI=1S/C21H19ClN2O4S/c1-3-27-16-9-10-18(28-4-2)13(11-16)12-17-19(25)23-21(29)24(20(17)26)15-7-5-14(22)6-8-15/h5-12H,3-4H2,1-2H3,(H,23,25,29). The van der Waals surface area contributed by atoms with Crippen LogP contribution >= 0.6 is 23.8 Å². The third kappa shape index (κ3) is 4.58. The van der Waals surface area contributed by atoms with E-state index >= 15 is 0 Å². The van der Waals surface area contributed by atoms with Gasteiger partial charge in [0.05, 0.1) is 18.9 Å². The average molecular weight is 431 g/mol. The Morgan fingerprint density at radius 1 is 1.07 bits per heavy atom. The maximum Gasteiger partial charge on any atom is 0.270 e. The van der Waals surface area contributed by atoms with E-state index in [2.05, 4.69) is 5.32 Å². The van der Waals surface area contributed by atoms with E-state index in [0.717, 1.165) is 0 Å². The molecule has 0 aromatic heterocycles. The van der Waals surface area contributed by atoms with Crippen LogP contribution in [0.3, 0.4) is 0 Å². The minimum atomic E-state index is -0.575. The topological polar surface area (TPSA) is 67.9 Å². The number of hydrogen-bond acceptors (Lipinski definition) is 5. The van der Waals surface area contributed by atoms with Crippen LogP contribution in [0.2, 0.25) is 5.02 Å². The Morgan fingerprint density at radius 3 is 2.41 bits per heavy atom. The summed E-state index contributed by atoms with van der Waals surface area (Å²) in [6.45, 7) is 4.65. The predicted molar refractivity (Wildman–Crippen MR) is 116 cm³/mol. The molecule has 8 heteroatoms. The van der Waals surface area contributed by atoms with Crippen LogP contribution in [0.5, 0.6) is 11.5 Å². The zero-order valence-electron chi connectivity index (χ0n) is 15.9. The number of carbonyl (C=O) groups excluding carboxylic acids is 2. The molecule has 1 heterocycles. The fourth-order valence-corrected chi connectivity index (χ4v) is 3.23. The fraction of sp³-hybridized carbons (Fsp3) is 0.190. The van der Waals surface area contributed by atoms with Gasteiger partial charge in [0.15, 0.2) is 5.11 Å². The summed E-state index contributed by atoms with van der Waals surface area (Å²) < 4.78 is 11.2. The molecule has 0 radical (unpaired) electrons. The zero-order chi connectivity index (χ0) is 21.0. The van der Waals surface area contributed by atoms with Crippen molar-refractivity contribution in [3.05, 3.63) is 58.6 Å². The molecule has 0 atom stereocenters. The summed E-state index contributed by atoms with van der Waals surface area (Å²) in [5.74, 6) is 0.0339. The lowest BCUT2D eigenvalue weighted by atomic mass is 10.1. The third-order valence-corrected chi connectivity index (χ3v) is 4.62. The maximum atomic E-state index is 13.1. The van der Waals surface area contributed by atoms with E-state index in [0.29, 0.717) is 41.0 Å². The molecule has 0 saturated carbocycles. The Hall–Kier alpha value is -2.90. The number of carbonyl (C=O) groups is 2. The highest BCUT2D eigenvalue weighted by molar-refractivity contribution is 7.80. The molecule has 150 valence electrons. The summed E-state index contributed by atoms with van der Waals surface area (Å²) in [5.41, 5.74) is 0.992. The second kappa shape index (κ2) is 9.07. The Balaban J connectivity index is 2.04. The van der Waals surface area contributed by atoms with E-state index in [1.807, 2.05) is 13.8 Å². The molecule has 1 aliphatic heterocycles. The van der Waals surface area contributed by atoms with Gasteiger partial charge in [0.2, 0.25) is 0 Å². The molecule has 1 fully saturated rings. The van der Waals surface area contributed by atoms with Gasteiger partial charge in [-0.05, 0) is 74.6 Å². The van der Waals surface area contributed by atoms with Crippen molar-refractivity contribution in [2.24, 2.45) is 0 Å². The van der Waals surface area contributed by atoms with Crippen molar-refractivity contribution in [3.63, 3.8) is 0 Å². The number of halogens is 1. The Morgan fingerprint density at radius 2 is 1.76 bits per heavy atom. The van der Waals surface area contributed by atoms with Gasteiger partial charge in [0.1, 0.15) is 17.1 Å². The average Bonchev–Trinajstić information content (AvgIpc) is 2.68. The summed E-state index contributed by atoms with van der Waals surface area (Å²) >= 11 is 11.1. The van der Waals surface area contributed by atoms with E-state index in [1.54, 1.807) is 42.5 Å². The largest absolute Gasteiger partial charge is 0.494 e. The number of rotatable bonds is 6. The molecular weight excluding hydrogens is 412 g/mol. The highest BCUT2D eigenvalue weighted by Crippen LogP contribution is 2.29. The molecule has 1 saturated heterocycles. The lowest BCUT2D eigenvalue weighted by Gasteiger charge is -2.29. The third-order valence-electron chi connectivity index (χ3n) is 4.08. The molecule has 2 aromatic carbocycles. The molecule has 6 nitrogen and oxygen atoms in total. The van der Waals surface area contributed by atoms with Crippen molar-refractivity contribution in [1.82, 2.24) is 5.32 Å². The molecule has 1 N–H and O–H groups in total. The summed E-state index contributed by atoms with van der Waals surface area (Å²) in [5, 5.41) is 3.09. The quantitative estimate of drug-likeness (QED) is 0.426. The van der Waals surface area contributed by atoms with Crippen molar-refractivity contribution in [2.45, 2.75) is 13.8 Å². The van der Waals surface area contributed by atoms with Gasteiger partial charge in [-0.2, -0.15) is 0 Å². The number of nitrogens with one attached hydrogen (secondary N) is 1. The highest BCUT2D eigenvalue weighted by atomic mass is 35.5. The molecule has 0 spiro atoms. The summed E-state index contributed by atoms with van der Waals surface area (Å²) in [6.07, 6.45) is 1.48. The van der Waals surface area contributed by atoms with Gasteiger partial charge < -0.3 is 9.47 Å². The van der Waals surface area contributed by atoms with Gasteiger partial charge in [0, 0.05) is 10.6 Å². The number of anilines is 1. The minimum Gasteiger partial charge on any atom is -0.494 e. The smallest absolute Gasteiger partial charge is 0.270 e. The van der Waals surface area contributed by atoms with Crippen LogP contribution in [0.4, 0.5) is 5.69 Å². The SMILES string of the molecule is CCOc1ccc(OCC)c(C=C2C(=O)NC(=S)N(c3ccc(Cl)cc3)C2=O)c1. The van der Waals surface area contributed by atoms with Gasteiger partial charge in [-0.25, -0.2) is 0 Å². The Labute approximate surface area is 179 Å². The monoisotopic (exact) mass is 430 g/mol. The maximum absolute atomic E-state index is 13.1. The number of nitrogens with zero attached hydrogens (tertiary/aromatic N) is 1. The van der Waals surface area contributed by atoms with Crippen LogP contribution in [0.15, 0.2) is 48.0 Å². The minimum absolute atomic E-state index is 0.00701. The first-order valence-electron chi connectivity index (χ1n) is 9.01. The van der Waals surface area contributed by atoms with Crippen LogP contribution < -0.4 is 19.7 Å². The molecule has 0 unspecified atom stereocenters. The van der Waals surface area contributed by atoms with E-state index in [1.165, 1.54) is 11.0 Å². The molecule has 1 aliphatic rings. The number of ether oxygens (including phenoxy) is 2. The first-order chi connectivity index (χ1) is 13.9. The van der Waals surface area contributed by atoms with Gasteiger partial charge in [-0.15, -0.1) is 0 Å². The van der Waals surface area contributed by atoms with Crippen LogP contribution in [0.1, 0.15) is 19.4 Å². The first kappa shape index (κ1) is 20.8. The van der Waals surface area contributed by atoms with Crippen molar-refractivity contribution in [2.75, 3.05) is 18.1 Å². The molecule has 0 bridgehead atoms. The number of thiocarbonyl (C=S) groups is 1. The molecule has 3 rings (SSSR count). The molecule has 0 aliphatic carbocycles. The Kier molecular flexibility index (Phi) is 6.51. The summed E-state index contributed by atoms with van der Waals surface area (Å²) in [4.78, 5) is 26.9. The number of hydrogen-bond donors (Lipinski definition) is 1. The first-order valence-corrected chi connectivity index (χ1v) is 9.79. The second-order valence-corrected chi connectivity index (χ2v) is 6.82. The van der Waals surface area contributed by atoms with Crippen molar-refractivity contribution in [3.8, 4) is 11.5 Å². The van der Waals surface area contributed by atoms with Crippen LogP contribution in [-0.2, 0) is 9.59 Å². The Bertz CT molecular complexity index is 989. The highest BCUT2D eigenvalue weighted by Gasteiger charge is 2.34. The predicted octanol–water partition coefficient (Wildman–Crippen LogP) is 3.97. The normalized spacial score (nSPS) is 15.5. The van der Waals surface area contributed by atoms with Crippen molar-refractivity contribution < 1.29 is 19.1 Å².